The molecule has 0 amide bonds. The van der Waals surface area contributed by atoms with E-state index >= 15 is 0 Å². The maximum atomic E-state index is 5.78. The second-order valence-corrected chi connectivity index (χ2v) is 5.45. The topological polar surface area (TPSA) is 16.1 Å². The van der Waals surface area contributed by atoms with E-state index in [0.717, 1.165) is 5.13 Å². The molecule has 1 aromatic rings. The monoisotopic (exact) mass is 234 g/mol. The summed E-state index contributed by atoms with van der Waals surface area (Å²) in [6.45, 7) is 0. The minimum absolute atomic E-state index is 0.609. The van der Waals surface area contributed by atoms with Crippen molar-refractivity contribution in [3.8, 4) is 0 Å². The van der Waals surface area contributed by atoms with Gasteiger partial charge in [0.2, 0.25) is 0 Å². The second-order valence-electron chi connectivity index (χ2n) is 3.08. The lowest BCUT2D eigenvalue weighted by atomic mass is 10.2. The molecule has 0 radical (unpaired) electrons. The van der Waals surface area contributed by atoms with E-state index < -0.39 is 0 Å². The summed E-state index contributed by atoms with van der Waals surface area (Å²) < 4.78 is 0. The summed E-state index contributed by atoms with van der Waals surface area (Å²) in [6.07, 6.45) is 1.26. The van der Waals surface area contributed by atoms with Gasteiger partial charge in [0, 0.05) is 24.2 Å². The first-order chi connectivity index (χ1) is 6.27. The van der Waals surface area contributed by atoms with Crippen molar-refractivity contribution in [3.05, 3.63) is 10.5 Å². The highest BCUT2D eigenvalue weighted by Gasteiger charge is 2.21. The van der Waals surface area contributed by atoms with Gasteiger partial charge in [0.15, 0.2) is 5.13 Å². The first-order valence-electron chi connectivity index (χ1n) is 4.19. The molecule has 0 aliphatic carbocycles. The lowest BCUT2D eigenvalue weighted by Crippen LogP contribution is -2.31. The van der Waals surface area contributed by atoms with Crippen LogP contribution < -0.4 is 4.90 Å². The number of hydrogen-bond donors (Lipinski definition) is 0. The van der Waals surface area contributed by atoms with Crippen molar-refractivity contribution in [2.75, 3.05) is 23.5 Å². The Morgan fingerprint density at radius 1 is 1.69 bits per heavy atom. The van der Waals surface area contributed by atoms with Gasteiger partial charge in [0.1, 0.15) is 5.15 Å². The fraction of sp³-hybridized carbons (Fsp3) is 0.625. The number of thiazole rings is 1. The second kappa shape index (κ2) is 4.07. The molecule has 72 valence electrons. The Kier molecular flexibility index (Phi) is 3.01. The van der Waals surface area contributed by atoms with E-state index in [1.807, 2.05) is 17.1 Å². The van der Waals surface area contributed by atoms with Crippen LogP contribution in [-0.2, 0) is 0 Å². The van der Waals surface area contributed by atoms with Crippen LogP contribution in [0.5, 0.6) is 0 Å². The molecule has 2 heterocycles. The summed E-state index contributed by atoms with van der Waals surface area (Å²) >= 11 is 9.41. The smallest absolute Gasteiger partial charge is 0.186 e. The fourth-order valence-electron chi connectivity index (χ4n) is 1.39. The van der Waals surface area contributed by atoms with Gasteiger partial charge >= 0.3 is 0 Å². The molecule has 1 aliphatic rings. The summed E-state index contributed by atoms with van der Waals surface area (Å²) in [4.78, 5) is 6.50. The molecule has 2 rings (SSSR count). The van der Waals surface area contributed by atoms with Crippen LogP contribution in [0.4, 0.5) is 5.13 Å². The van der Waals surface area contributed by atoms with Crippen molar-refractivity contribution in [2.45, 2.75) is 12.5 Å². The molecule has 0 bridgehead atoms. The van der Waals surface area contributed by atoms with Gasteiger partial charge in [0.25, 0.3) is 0 Å². The van der Waals surface area contributed by atoms with Crippen LogP contribution in [0.2, 0.25) is 5.15 Å². The van der Waals surface area contributed by atoms with Gasteiger partial charge in [-0.25, -0.2) is 4.98 Å². The van der Waals surface area contributed by atoms with E-state index in [-0.39, 0.29) is 0 Å². The summed E-state index contributed by atoms with van der Waals surface area (Å²) in [5.41, 5.74) is 0. The molecule has 2 nitrogen and oxygen atoms in total. The highest BCUT2D eigenvalue weighted by molar-refractivity contribution is 7.99. The highest BCUT2D eigenvalue weighted by atomic mass is 35.5. The quantitative estimate of drug-likeness (QED) is 0.783. The minimum atomic E-state index is 0.609. The van der Waals surface area contributed by atoms with Crippen molar-refractivity contribution in [3.63, 3.8) is 0 Å². The SMILES string of the molecule is CN(c1nc(Cl)cs1)C1CCSC1. The summed E-state index contributed by atoms with van der Waals surface area (Å²) in [6, 6.07) is 0.646. The van der Waals surface area contributed by atoms with Crippen molar-refractivity contribution in [1.29, 1.82) is 0 Å². The number of rotatable bonds is 2. The van der Waals surface area contributed by atoms with Crippen LogP contribution in [0.3, 0.4) is 0 Å². The van der Waals surface area contributed by atoms with Crippen molar-refractivity contribution < 1.29 is 0 Å². The molecule has 5 heteroatoms. The predicted octanol–water partition coefficient (Wildman–Crippen LogP) is 2.74. The number of thioether (sulfide) groups is 1. The average molecular weight is 235 g/mol. The van der Waals surface area contributed by atoms with E-state index in [0.29, 0.717) is 11.2 Å². The van der Waals surface area contributed by atoms with Gasteiger partial charge in [-0.1, -0.05) is 11.6 Å². The van der Waals surface area contributed by atoms with Crippen molar-refractivity contribution in [2.24, 2.45) is 0 Å². The van der Waals surface area contributed by atoms with Crippen molar-refractivity contribution >= 4 is 39.8 Å². The first kappa shape index (κ1) is 9.62. The molecule has 0 spiro atoms. The zero-order chi connectivity index (χ0) is 9.26. The third kappa shape index (κ3) is 2.11. The van der Waals surface area contributed by atoms with Crippen LogP contribution in [0.15, 0.2) is 5.38 Å². The Hall–Kier alpha value is 0.0700. The maximum absolute atomic E-state index is 5.78. The third-order valence-corrected chi connectivity index (χ3v) is 4.62. The molecule has 0 saturated carbocycles. The molecule has 0 N–H and O–H groups in total. The van der Waals surface area contributed by atoms with Gasteiger partial charge in [-0.05, 0) is 12.2 Å². The molecule has 1 aromatic heterocycles. The normalized spacial score (nSPS) is 22.2. The average Bonchev–Trinajstić information content (AvgIpc) is 2.72. The van der Waals surface area contributed by atoms with E-state index in [4.69, 9.17) is 11.6 Å². The number of hydrogen-bond acceptors (Lipinski definition) is 4. The number of anilines is 1. The van der Waals surface area contributed by atoms with Gasteiger partial charge in [0.05, 0.1) is 0 Å². The van der Waals surface area contributed by atoms with Crippen LogP contribution in [-0.4, -0.2) is 29.6 Å². The zero-order valence-electron chi connectivity index (χ0n) is 7.36. The summed E-state index contributed by atoms with van der Waals surface area (Å²) in [7, 11) is 2.10. The highest BCUT2D eigenvalue weighted by Crippen LogP contribution is 2.29. The van der Waals surface area contributed by atoms with Crippen LogP contribution in [0, 0.1) is 0 Å². The number of aromatic nitrogens is 1. The lowest BCUT2D eigenvalue weighted by Gasteiger charge is -2.22. The zero-order valence-corrected chi connectivity index (χ0v) is 9.75. The molecule has 1 aliphatic heterocycles. The third-order valence-electron chi connectivity index (χ3n) is 2.22. The number of nitrogens with zero attached hydrogens (tertiary/aromatic N) is 2. The molecule has 1 saturated heterocycles. The van der Waals surface area contributed by atoms with Crippen LogP contribution >= 0.6 is 34.7 Å². The van der Waals surface area contributed by atoms with Gasteiger partial charge in [-0.15, -0.1) is 11.3 Å². The molecule has 13 heavy (non-hydrogen) atoms. The van der Waals surface area contributed by atoms with E-state index in [1.54, 1.807) is 11.3 Å². The molecular weight excluding hydrogens is 224 g/mol. The van der Waals surface area contributed by atoms with E-state index in [1.165, 1.54) is 17.9 Å². The fourth-order valence-corrected chi connectivity index (χ4v) is 3.64. The molecule has 1 unspecified atom stereocenters. The maximum Gasteiger partial charge on any atom is 0.186 e. The van der Waals surface area contributed by atoms with Gasteiger partial charge in [-0.2, -0.15) is 11.8 Å². The summed E-state index contributed by atoms with van der Waals surface area (Å²) in [5.74, 6) is 2.49. The Labute approximate surface area is 91.3 Å². The molecular formula is C8H11ClN2S2. The Balaban J connectivity index is 2.07. The van der Waals surface area contributed by atoms with Crippen LogP contribution in [0.1, 0.15) is 6.42 Å². The van der Waals surface area contributed by atoms with E-state index in [2.05, 4.69) is 16.9 Å². The first-order valence-corrected chi connectivity index (χ1v) is 6.60. The Bertz CT molecular complexity index is 283. The minimum Gasteiger partial charge on any atom is -0.347 e. The molecule has 1 fully saturated rings. The Morgan fingerprint density at radius 3 is 3.08 bits per heavy atom. The predicted molar refractivity (Wildman–Crippen MR) is 61.3 cm³/mol. The van der Waals surface area contributed by atoms with Gasteiger partial charge < -0.3 is 4.90 Å². The number of halogens is 1. The van der Waals surface area contributed by atoms with E-state index in [9.17, 15) is 0 Å². The standard InChI is InChI=1S/C8H11ClN2S2/c1-11(6-2-3-12-4-6)8-10-7(9)5-13-8/h5-6H,2-4H2,1H3. The van der Waals surface area contributed by atoms with Gasteiger partial charge in [-0.3, -0.25) is 0 Å². The summed E-state index contributed by atoms with van der Waals surface area (Å²) in [5, 5.41) is 3.53. The molecule has 0 aromatic carbocycles. The lowest BCUT2D eigenvalue weighted by molar-refractivity contribution is 0.698. The Morgan fingerprint density at radius 2 is 2.54 bits per heavy atom. The van der Waals surface area contributed by atoms with Crippen LogP contribution in [0.25, 0.3) is 0 Å². The van der Waals surface area contributed by atoms with Crippen molar-refractivity contribution in [1.82, 2.24) is 4.98 Å². The largest absolute Gasteiger partial charge is 0.347 e. The molecule has 1 atom stereocenters.